The Bertz CT molecular complexity index is 649. The highest BCUT2D eigenvalue weighted by Crippen LogP contribution is 2.18. The van der Waals surface area contributed by atoms with E-state index < -0.39 is 0 Å². The normalized spacial score (nSPS) is 10.7. The summed E-state index contributed by atoms with van der Waals surface area (Å²) in [6, 6.07) is 7.16. The maximum Gasteiger partial charge on any atom is 0.297 e. The molecule has 6 nitrogen and oxygen atoms in total. The zero-order valence-electron chi connectivity index (χ0n) is 11.5. The molecule has 0 aliphatic carbocycles. The van der Waals surface area contributed by atoms with Gasteiger partial charge in [-0.05, 0) is 47.5 Å². The van der Waals surface area contributed by atoms with Crippen LogP contribution in [0.25, 0.3) is 23.5 Å². The summed E-state index contributed by atoms with van der Waals surface area (Å²) < 4.78 is 9.02. The second-order valence-corrected chi connectivity index (χ2v) is 4.02. The van der Waals surface area contributed by atoms with Crippen molar-refractivity contribution in [1.29, 1.82) is 0 Å². The van der Waals surface area contributed by atoms with Crippen LogP contribution in [0.2, 0.25) is 0 Å². The standard InChI is InChI=1S/C16H12N2O4/c19-11-21-7-3-13-1-5-17-15(9-13)16-10-14(2-6-18-16)4-8-22-12-20/h1-12H. The van der Waals surface area contributed by atoms with Crippen molar-refractivity contribution < 1.29 is 19.1 Å². The molecule has 0 saturated heterocycles. The van der Waals surface area contributed by atoms with Crippen LogP contribution < -0.4 is 0 Å². The van der Waals surface area contributed by atoms with Gasteiger partial charge in [0, 0.05) is 12.4 Å². The summed E-state index contributed by atoms with van der Waals surface area (Å²) in [6.07, 6.45) is 9.12. The lowest BCUT2D eigenvalue weighted by molar-refractivity contribution is -0.124. The summed E-state index contributed by atoms with van der Waals surface area (Å²) >= 11 is 0. The second kappa shape index (κ2) is 8.11. The van der Waals surface area contributed by atoms with Crippen molar-refractivity contribution in [2.75, 3.05) is 0 Å². The molecular weight excluding hydrogens is 284 g/mol. The van der Waals surface area contributed by atoms with Crippen molar-refractivity contribution in [2.45, 2.75) is 0 Å². The molecule has 2 rings (SSSR count). The van der Waals surface area contributed by atoms with Crippen LogP contribution in [0.1, 0.15) is 11.1 Å². The molecule has 0 N–H and O–H groups in total. The highest BCUT2D eigenvalue weighted by Gasteiger charge is 2.02. The Kier molecular flexibility index (Phi) is 5.57. The molecule has 0 fully saturated rings. The van der Waals surface area contributed by atoms with Crippen molar-refractivity contribution >= 4 is 25.1 Å². The molecule has 0 aromatic carbocycles. The molecule has 2 heterocycles. The van der Waals surface area contributed by atoms with Crippen LogP contribution in [0.4, 0.5) is 0 Å². The number of nitrogens with zero attached hydrogens (tertiary/aromatic N) is 2. The Morgan fingerprint density at radius 1 is 0.773 bits per heavy atom. The monoisotopic (exact) mass is 296 g/mol. The number of carbonyl (C=O) groups is 2. The number of rotatable bonds is 7. The van der Waals surface area contributed by atoms with E-state index in [0.717, 1.165) is 11.1 Å². The summed E-state index contributed by atoms with van der Waals surface area (Å²) in [6.45, 7) is 0.689. The highest BCUT2D eigenvalue weighted by molar-refractivity contribution is 5.63. The number of carbonyl (C=O) groups excluding carboxylic acids is 2. The Balaban J connectivity index is 2.24. The van der Waals surface area contributed by atoms with E-state index in [1.54, 1.807) is 36.7 Å². The van der Waals surface area contributed by atoms with Crippen LogP contribution in [0.15, 0.2) is 49.2 Å². The van der Waals surface area contributed by atoms with Crippen LogP contribution in [0, 0.1) is 0 Å². The minimum absolute atomic E-state index is 0.345. The molecule has 0 unspecified atom stereocenters. The summed E-state index contributed by atoms with van der Waals surface area (Å²) in [5, 5.41) is 0. The van der Waals surface area contributed by atoms with Crippen molar-refractivity contribution in [3.8, 4) is 11.4 Å². The Morgan fingerprint density at radius 2 is 1.23 bits per heavy atom. The fraction of sp³-hybridized carbons (Fsp3) is 0. The number of hydrogen-bond acceptors (Lipinski definition) is 6. The van der Waals surface area contributed by atoms with Crippen molar-refractivity contribution in [1.82, 2.24) is 9.97 Å². The lowest BCUT2D eigenvalue weighted by atomic mass is 10.1. The maximum atomic E-state index is 10.1. The van der Waals surface area contributed by atoms with E-state index >= 15 is 0 Å². The van der Waals surface area contributed by atoms with Crippen LogP contribution in [-0.2, 0) is 19.1 Å². The predicted octanol–water partition coefficient (Wildman–Crippen LogP) is 2.43. The smallest absolute Gasteiger partial charge is 0.297 e. The molecule has 0 radical (unpaired) electrons. The van der Waals surface area contributed by atoms with Gasteiger partial charge in [0.2, 0.25) is 0 Å². The third-order valence-electron chi connectivity index (χ3n) is 2.62. The lowest BCUT2D eigenvalue weighted by Gasteiger charge is -2.02. The minimum Gasteiger partial charge on any atom is -0.437 e. The topological polar surface area (TPSA) is 78.4 Å². The number of pyridine rings is 2. The molecule has 0 atom stereocenters. The molecule has 110 valence electrons. The number of hydrogen-bond donors (Lipinski definition) is 0. The van der Waals surface area contributed by atoms with E-state index in [1.807, 2.05) is 12.1 Å². The van der Waals surface area contributed by atoms with Gasteiger partial charge in [-0.1, -0.05) is 0 Å². The summed E-state index contributed by atoms with van der Waals surface area (Å²) in [7, 11) is 0. The minimum atomic E-state index is 0.345. The summed E-state index contributed by atoms with van der Waals surface area (Å²) in [5.74, 6) is 0. The quantitative estimate of drug-likeness (QED) is 0.577. The third kappa shape index (κ3) is 4.38. The van der Waals surface area contributed by atoms with E-state index in [1.165, 1.54) is 12.5 Å². The Hall–Kier alpha value is -3.28. The molecule has 6 heteroatoms. The van der Waals surface area contributed by atoms with Gasteiger partial charge in [-0.25, -0.2) is 0 Å². The fourth-order valence-electron chi connectivity index (χ4n) is 1.68. The first-order valence-electron chi connectivity index (χ1n) is 6.27. The van der Waals surface area contributed by atoms with Crippen LogP contribution in [-0.4, -0.2) is 22.9 Å². The van der Waals surface area contributed by atoms with E-state index in [9.17, 15) is 9.59 Å². The van der Waals surface area contributed by atoms with Gasteiger partial charge in [0.25, 0.3) is 12.9 Å². The van der Waals surface area contributed by atoms with E-state index in [-0.39, 0.29) is 0 Å². The average molecular weight is 296 g/mol. The fourth-order valence-corrected chi connectivity index (χ4v) is 1.68. The largest absolute Gasteiger partial charge is 0.437 e. The third-order valence-corrected chi connectivity index (χ3v) is 2.62. The number of ether oxygens (including phenoxy) is 2. The first-order chi connectivity index (χ1) is 10.8. The van der Waals surface area contributed by atoms with Gasteiger partial charge < -0.3 is 9.47 Å². The van der Waals surface area contributed by atoms with Gasteiger partial charge in [-0.15, -0.1) is 0 Å². The van der Waals surface area contributed by atoms with Crippen LogP contribution in [0.5, 0.6) is 0 Å². The molecule has 0 aliphatic heterocycles. The molecule has 0 bridgehead atoms. The van der Waals surface area contributed by atoms with Gasteiger partial charge in [0.05, 0.1) is 23.9 Å². The zero-order valence-corrected chi connectivity index (χ0v) is 11.5. The molecule has 22 heavy (non-hydrogen) atoms. The average Bonchev–Trinajstić information content (AvgIpc) is 2.56. The molecule has 0 spiro atoms. The SMILES string of the molecule is O=COC=Cc1ccnc(-c2cc(C=COC=O)ccn2)c1. The van der Waals surface area contributed by atoms with Gasteiger partial charge in [-0.2, -0.15) is 0 Å². The predicted molar refractivity (Wildman–Crippen MR) is 79.8 cm³/mol. The van der Waals surface area contributed by atoms with E-state index in [4.69, 9.17) is 0 Å². The molecule has 2 aromatic rings. The molecule has 0 aliphatic rings. The first-order valence-corrected chi connectivity index (χ1v) is 6.27. The van der Waals surface area contributed by atoms with Crippen LogP contribution >= 0.6 is 0 Å². The molecule has 2 aromatic heterocycles. The van der Waals surface area contributed by atoms with Crippen molar-refractivity contribution in [3.63, 3.8) is 0 Å². The van der Waals surface area contributed by atoms with Crippen molar-refractivity contribution in [3.05, 3.63) is 60.3 Å². The summed E-state index contributed by atoms with van der Waals surface area (Å²) in [4.78, 5) is 28.7. The van der Waals surface area contributed by atoms with Gasteiger partial charge >= 0.3 is 0 Å². The Morgan fingerprint density at radius 3 is 1.64 bits per heavy atom. The van der Waals surface area contributed by atoms with E-state index in [2.05, 4.69) is 19.4 Å². The van der Waals surface area contributed by atoms with E-state index in [0.29, 0.717) is 24.3 Å². The van der Waals surface area contributed by atoms with Gasteiger partial charge in [0.15, 0.2) is 0 Å². The molecule has 0 amide bonds. The zero-order chi connectivity index (χ0) is 15.6. The van der Waals surface area contributed by atoms with Crippen molar-refractivity contribution in [2.24, 2.45) is 0 Å². The second-order valence-electron chi connectivity index (χ2n) is 4.02. The Labute approximate surface area is 126 Å². The molecule has 0 saturated carbocycles. The van der Waals surface area contributed by atoms with Gasteiger partial charge in [-0.3, -0.25) is 19.6 Å². The first kappa shape index (κ1) is 15.1. The maximum absolute atomic E-state index is 10.1. The highest BCUT2D eigenvalue weighted by atomic mass is 16.5. The lowest BCUT2D eigenvalue weighted by Crippen LogP contribution is -1.89. The van der Waals surface area contributed by atoms with Crippen LogP contribution in [0.3, 0.4) is 0 Å². The summed E-state index contributed by atoms with van der Waals surface area (Å²) in [5.41, 5.74) is 2.97. The van der Waals surface area contributed by atoms with Gasteiger partial charge in [0.1, 0.15) is 0 Å². The molecular formula is C16H12N2O4. The number of aromatic nitrogens is 2.